The number of hydrogen-bond donors (Lipinski definition) is 3. The number of imidazole rings is 1. The quantitative estimate of drug-likeness (QED) is 0.477. The van der Waals surface area contributed by atoms with Gasteiger partial charge in [-0.3, -0.25) is 5.32 Å². The van der Waals surface area contributed by atoms with Gasteiger partial charge in [-0.2, -0.15) is 0 Å². The molecule has 1 saturated heterocycles. The highest BCUT2D eigenvalue weighted by molar-refractivity contribution is 7.15. The van der Waals surface area contributed by atoms with Gasteiger partial charge in [0.25, 0.3) is 0 Å². The van der Waals surface area contributed by atoms with Crippen LogP contribution in [-0.2, 0) is 19.9 Å². The van der Waals surface area contributed by atoms with Gasteiger partial charge in [-0.1, -0.05) is 6.07 Å². The smallest absolute Gasteiger partial charge is 0.356 e. The minimum Gasteiger partial charge on any atom is -0.476 e. The average molecular weight is 469 g/mol. The molecule has 1 aromatic carbocycles. The Bertz CT molecular complexity index is 1150. The van der Waals surface area contributed by atoms with E-state index in [0.717, 1.165) is 47.7 Å². The van der Waals surface area contributed by atoms with Gasteiger partial charge in [-0.25, -0.2) is 19.6 Å². The van der Waals surface area contributed by atoms with Crippen LogP contribution in [0, 0.1) is 6.92 Å². The van der Waals surface area contributed by atoms with E-state index in [-0.39, 0.29) is 11.7 Å². The number of anilines is 3. The molecule has 2 aromatic heterocycles. The number of aromatic nitrogens is 3. The monoisotopic (exact) mass is 468 g/mol. The minimum atomic E-state index is -1.04. The molecule has 1 aliphatic rings. The number of amides is 2. The van der Waals surface area contributed by atoms with E-state index in [1.165, 1.54) is 24.0 Å². The largest absolute Gasteiger partial charge is 0.476 e. The summed E-state index contributed by atoms with van der Waals surface area (Å²) in [7, 11) is 1.78. The fourth-order valence-corrected chi connectivity index (χ4v) is 4.76. The van der Waals surface area contributed by atoms with Crippen molar-refractivity contribution in [2.45, 2.75) is 39.0 Å². The molecule has 0 aliphatic carbocycles. The predicted octanol–water partition coefficient (Wildman–Crippen LogP) is 4.30. The average Bonchev–Trinajstić information content (AvgIpc) is 3.40. The normalized spacial score (nSPS) is 13.7. The van der Waals surface area contributed by atoms with Crippen LogP contribution < -0.4 is 15.5 Å². The van der Waals surface area contributed by atoms with E-state index < -0.39 is 5.97 Å². The van der Waals surface area contributed by atoms with E-state index in [1.807, 2.05) is 12.1 Å². The Morgan fingerprint density at radius 3 is 2.67 bits per heavy atom. The number of nitrogens with zero attached hydrogens (tertiary/aromatic N) is 4. The lowest BCUT2D eigenvalue weighted by Gasteiger charge is -2.30. The first kappa shape index (κ1) is 22.8. The van der Waals surface area contributed by atoms with E-state index in [0.29, 0.717) is 23.8 Å². The number of benzene rings is 1. The van der Waals surface area contributed by atoms with Gasteiger partial charge in [-0.15, -0.1) is 11.3 Å². The molecule has 10 heteroatoms. The van der Waals surface area contributed by atoms with E-state index in [2.05, 4.69) is 38.5 Å². The number of nitrogens with one attached hydrogen (secondary N) is 2. The fraction of sp³-hybridized carbons (Fsp3) is 0.391. The molecule has 0 bridgehead atoms. The number of carboxylic acids is 1. The number of piperidine rings is 1. The first-order valence-electron chi connectivity index (χ1n) is 11.0. The van der Waals surface area contributed by atoms with Crippen LogP contribution in [0.3, 0.4) is 0 Å². The summed E-state index contributed by atoms with van der Waals surface area (Å²) in [5.41, 5.74) is 3.05. The second-order valence-electron chi connectivity index (χ2n) is 8.24. The van der Waals surface area contributed by atoms with Crippen LogP contribution in [0.2, 0.25) is 0 Å². The molecular formula is C23H28N6O3S. The predicted molar refractivity (Wildman–Crippen MR) is 130 cm³/mol. The van der Waals surface area contributed by atoms with Crippen LogP contribution in [0.25, 0.3) is 0 Å². The zero-order chi connectivity index (χ0) is 23.4. The summed E-state index contributed by atoms with van der Waals surface area (Å²) < 4.78 is 1.72. The van der Waals surface area contributed by atoms with Gasteiger partial charge < -0.3 is 19.9 Å². The van der Waals surface area contributed by atoms with Crippen molar-refractivity contribution < 1.29 is 14.7 Å². The molecule has 174 valence electrons. The Morgan fingerprint density at radius 1 is 1.15 bits per heavy atom. The van der Waals surface area contributed by atoms with E-state index >= 15 is 0 Å². The lowest BCUT2D eigenvalue weighted by atomic mass is 10.1. The van der Waals surface area contributed by atoms with Crippen LogP contribution in [-0.4, -0.2) is 44.7 Å². The first-order valence-corrected chi connectivity index (χ1v) is 11.8. The highest BCUT2D eigenvalue weighted by atomic mass is 32.1. The molecule has 0 saturated carbocycles. The van der Waals surface area contributed by atoms with Gasteiger partial charge in [-0.05, 0) is 50.3 Å². The maximum absolute atomic E-state index is 12.7. The first-order chi connectivity index (χ1) is 15.9. The molecule has 3 aromatic rings. The fourth-order valence-electron chi connectivity index (χ4n) is 3.95. The van der Waals surface area contributed by atoms with Gasteiger partial charge in [0.2, 0.25) is 0 Å². The van der Waals surface area contributed by atoms with Gasteiger partial charge in [0, 0.05) is 43.8 Å². The Morgan fingerprint density at radius 2 is 1.94 bits per heavy atom. The van der Waals surface area contributed by atoms with Crippen LogP contribution in [0.1, 0.15) is 46.0 Å². The third-order valence-electron chi connectivity index (χ3n) is 5.66. The van der Waals surface area contributed by atoms with Crippen molar-refractivity contribution in [2.24, 2.45) is 7.05 Å². The molecule has 4 rings (SSSR count). The molecule has 3 N–H and O–H groups in total. The minimum absolute atomic E-state index is 0.0378. The van der Waals surface area contributed by atoms with Gasteiger partial charge in [0.1, 0.15) is 5.82 Å². The number of carbonyl (C=O) groups excluding carboxylic acids is 1. The Hall–Kier alpha value is -3.40. The lowest BCUT2D eigenvalue weighted by Crippen LogP contribution is -2.31. The topological polar surface area (TPSA) is 112 Å². The van der Waals surface area contributed by atoms with Gasteiger partial charge in [0.05, 0.1) is 11.4 Å². The number of aromatic carboxylic acids is 1. The van der Waals surface area contributed by atoms with Gasteiger partial charge >= 0.3 is 12.0 Å². The number of carboxylic acid groups (broad SMARTS) is 1. The molecule has 0 radical (unpaired) electrons. The molecule has 0 spiro atoms. The second-order valence-corrected chi connectivity index (χ2v) is 9.35. The van der Waals surface area contributed by atoms with Crippen LogP contribution in [0.5, 0.6) is 0 Å². The SMILES string of the molecule is Cc1ccc(NC(=O)Nc2ncc(CCc3nc(C(=O)O)cn3C)s2)c(N2CCCCC2)c1. The Kier molecular flexibility index (Phi) is 6.93. The van der Waals surface area contributed by atoms with Crippen LogP contribution in [0.4, 0.5) is 21.3 Å². The van der Waals surface area contributed by atoms with Crippen molar-refractivity contribution in [3.63, 3.8) is 0 Å². The molecule has 1 fully saturated rings. The molecule has 1 aliphatic heterocycles. The number of hydrogen-bond acceptors (Lipinski definition) is 6. The summed E-state index contributed by atoms with van der Waals surface area (Å²) in [5.74, 6) is -0.346. The summed E-state index contributed by atoms with van der Waals surface area (Å²) >= 11 is 1.40. The summed E-state index contributed by atoms with van der Waals surface area (Å²) in [4.78, 5) is 35.5. The van der Waals surface area contributed by atoms with E-state index in [9.17, 15) is 9.59 Å². The standard InChI is InChI=1S/C23H28N6O3S/c1-15-6-8-17(19(12-15)29-10-4-3-5-11-29)26-22(32)27-23-24-13-16(33-23)7-9-20-25-18(21(30)31)14-28(20)2/h6,8,12-14H,3-5,7,9-11H2,1-2H3,(H,30,31)(H2,24,26,27,32). The Labute approximate surface area is 196 Å². The highest BCUT2D eigenvalue weighted by Crippen LogP contribution is 2.30. The van der Waals surface area contributed by atoms with Crippen LogP contribution in [0.15, 0.2) is 30.6 Å². The van der Waals surface area contributed by atoms with Crippen molar-refractivity contribution in [3.8, 4) is 0 Å². The molecule has 2 amide bonds. The summed E-state index contributed by atoms with van der Waals surface area (Å²) in [6, 6.07) is 5.74. The second kappa shape index (κ2) is 10.0. The lowest BCUT2D eigenvalue weighted by molar-refractivity contribution is 0.0690. The third kappa shape index (κ3) is 5.70. The summed E-state index contributed by atoms with van der Waals surface area (Å²) in [6.45, 7) is 4.06. The zero-order valence-corrected chi connectivity index (χ0v) is 19.6. The summed E-state index contributed by atoms with van der Waals surface area (Å²) in [6.07, 6.45) is 8.05. The van der Waals surface area contributed by atoms with E-state index in [1.54, 1.807) is 17.8 Å². The van der Waals surface area contributed by atoms with Crippen LogP contribution >= 0.6 is 11.3 Å². The Balaban J connectivity index is 1.36. The molecule has 9 nitrogen and oxygen atoms in total. The number of rotatable bonds is 7. The molecule has 33 heavy (non-hydrogen) atoms. The molecule has 0 atom stereocenters. The van der Waals surface area contributed by atoms with Crippen molar-refractivity contribution in [3.05, 3.63) is 52.6 Å². The van der Waals surface area contributed by atoms with Crippen molar-refractivity contribution in [1.29, 1.82) is 0 Å². The maximum atomic E-state index is 12.7. The molecule has 0 unspecified atom stereocenters. The number of aryl methyl sites for hydroxylation is 4. The van der Waals surface area contributed by atoms with Crippen molar-refractivity contribution >= 4 is 39.8 Å². The highest BCUT2D eigenvalue weighted by Gasteiger charge is 2.17. The van der Waals surface area contributed by atoms with Crippen molar-refractivity contribution in [2.75, 3.05) is 28.6 Å². The maximum Gasteiger partial charge on any atom is 0.356 e. The summed E-state index contributed by atoms with van der Waals surface area (Å²) in [5, 5.41) is 15.4. The molecular weight excluding hydrogens is 440 g/mol. The van der Waals surface area contributed by atoms with E-state index in [4.69, 9.17) is 5.11 Å². The number of thiazole rings is 1. The molecule has 3 heterocycles. The number of carbonyl (C=O) groups is 2. The zero-order valence-electron chi connectivity index (χ0n) is 18.8. The number of urea groups is 1. The van der Waals surface area contributed by atoms with Gasteiger partial charge in [0.15, 0.2) is 10.8 Å². The van der Waals surface area contributed by atoms with Crippen molar-refractivity contribution in [1.82, 2.24) is 14.5 Å². The third-order valence-corrected chi connectivity index (χ3v) is 6.63.